The Morgan fingerprint density at radius 1 is 1.33 bits per heavy atom. The monoisotopic (exact) mass is 168 g/mol. The Morgan fingerprint density at radius 3 is 2.42 bits per heavy atom. The average Bonchev–Trinajstić information content (AvgIpc) is 2.04. The summed E-state index contributed by atoms with van der Waals surface area (Å²) < 4.78 is 0. The minimum absolute atomic E-state index is 0.968. The van der Waals surface area contributed by atoms with Crippen LogP contribution in [0, 0.1) is 23.7 Å². The number of hydrogen-bond acceptors (Lipinski definition) is 0. The first-order chi connectivity index (χ1) is 5.65. The molecule has 0 nitrogen and oxygen atoms in total. The summed E-state index contributed by atoms with van der Waals surface area (Å²) in [5.74, 6) is 4.03. The van der Waals surface area contributed by atoms with Gasteiger partial charge in [-0.05, 0) is 36.5 Å². The van der Waals surface area contributed by atoms with Gasteiger partial charge in [0, 0.05) is 0 Å². The molecular formula is C12H24. The molecule has 4 unspecified atom stereocenters. The van der Waals surface area contributed by atoms with Crippen molar-refractivity contribution in [3.05, 3.63) is 0 Å². The predicted octanol–water partition coefficient (Wildman–Crippen LogP) is 4.10. The molecule has 0 aliphatic heterocycles. The fourth-order valence-corrected chi connectivity index (χ4v) is 2.61. The lowest BCUT2D eigenvalue weighted by Crippen LogP contribution is -2.33. The van der Waals surface area contributed by atoms with Crippen molar-refractivity contribution in [2.45, 2.75) is 53.4 Å². The molecule has 0 heterocycles. The van der Waals surface area contributed by atoms with Crippen LogP contribution >= 0.6 is 0 Å². The fourth-order valence-electron chi connectivity index (χ4n) is 2.61. The lowest BCUT2D eigenvalue weighted by Gasteiger charge is -2.42. The molecular weight excluding hydrogens is 144 g/mol. The van der Waals surface area contributed by atoms with Gasteiger partial charge in [0.1, 0.15) is 0 Å². The van der Waals surface area contributed by atoms with Gasteiger partial charge in [0.25, 0.3) is 0 Å². The maximum absolute atomic E-state index is 2.43. The molecule has 0 radical (unpaired) electrons. The zero-order valence-corrected chi connectivity index (χ0v) is 9.14. The Balaban J connectivity index is 2.15. The van der Waals surface area contributed by atoms with Crippen molar-refractivity contribution >= 4 is 0 Å². The highest BCUT2D eigenvalue weighted by Gasteiger charge is 2.34. The van der Waals surface area contributed by atoms with Crippen LogP contribution in [0.4, 0.5) is 0 Å². The largest absolute Gasteiger partial charge is 0.0654 e. The van der Waals surface area contributed by atoms with Gasteiger partial charge in [0.15, 0.2) is 0 Å². The predicted molar refractivity (Wildman–Crippen MR) is 55.1 cm³/mol. The second-order valence-corrected chi connectivity index (χ2v) is 4.96. The SMILES string of the molecule is CCCC(C)CC1CC(C)C1C. The third-order valence-electron chi connectivity index (χ3n) is 3.80. The van der Waals surface area contributed by atoms with Gasteiger partial charge in [-0.25, -0.2) is 0 Å². The van der Waals surface area contributed by atoms with Crippen molar-refractivity contribution in [2.24, 2.45) is 23.7 Å². The van der Waals surface area contributed by atoms with Gasteiger partial charge in [0.05, 0.1) is 0 Å². The summed E-state index contributed by atoms with van der Waals surface area (Å²) in [7, 11) is 0. The minimum Gasteiger partial charge on any atom is -0.0654 e. The van der Waals surface area contributed by atoms with Crippen LogP contribution in [0.3, 0.4) is 0 Å². The number of hydrogen-bond donors (Lipinski definition) is 0. The fraction of sp³-hybridized carbons (Fsp3) is 1.00. The van der Waals surface area contributed by atoms with Crippen LogP contribution in [-0.2, 0) is 0 Å². The Hall–Kier alpha value is 0. The van der Waals surface area contributed by atoms with E-state index in [4.69, 9.17) is 0 Å². The van der Waals surface area contributed by atoms with Crippen LogP contribution in [-0.4, -0.2) is 0 Å². The van der Waals surface area contributed by atoms with Crippen molar-refractivity contribution in [3.63, 3.8) is 0 Å². The van der Waals surface area contributed by atoms with E-state index in [9.17, 15) is 0 Å². The molecule has 0 heteroatoms. The van der Waals surface area contributed by atoms with E-state index < -0.39 is 0 Å². The van der Waals surface area contributed by atoms with Gasteiger partial charge in [-0.2, -0.15) is 0 Å². The van der Waals surface area contributed by atoms with Crippen LogP contribution in [0.25, 0.3) is 0 Å². The molecule has 0 bridgehead atoms. The van der Waals surface area contributed by atoms with Gasteiger partial charge in [-0.15, -0.1) is 0 Å². The minimum atomic E-state index is 0.968. The van der Waals surface area contributed by atoms with Gasteiger partial charge in [-0.3, -0.25) is 0 Å². The first-order valence-electron chi connectivity index (χ1n) is 5.65. The molecule has 1 saturated carbocycles. The lowest BCUT2D eigenvalue weighted by molar-refractivity contribution is 0.0796. The normalized spacial score (nSPS) is 37.5. The summed E-state index contributed by atoms with van der Waals surface area (Å²) in [6.45, 7) is 9.53. The summed E-state index contributed by atoms with van der Waals surface area (Å²) in [5.41, 5.74) is 0. The zero-order valence-electron chi connectivity index (χ0n) is 9.14. The second kappa shape index (κ2) is 4.30. The van der Waals surface area contributed by atoms with E-state index in [0.717, 1.165) is 23.7 Å². The van der Waals surface area contributed by atoms with Gasteiger partial charge in [0.2, 0.25) is 0 Å². The van der Waals surface area contributed by atoms with Gasteiger partial charge >= 0.3 is 0 Å². The Morgan fingerprint density at radius 2 is 2.00 bits per heavy atom. The lowest BCUT2D eigenvalue weighted by atomic mass is 9.64. The molecule has 0 amide bonds. The summed E-state index contributed by atoms with van der Waals surface area (Å²) in [4.78, 5) is 0. The summed E-state index contributed by atoms with van der Waals surface area (Å²) in [5, 5.41) is 0. The van der Waals surface area contributed by atoms with Crippen molar-refractivity contribution in [3.8, 4) is 0 Å². The Bertz CT molecular complexity index is 128. The number of rotatable bonds is 4. The van der Waals surface area contributed by atoms with Crippen molar-refractivity contribution in [1.29, 1.82) is 0 Å². The van der Waals surface area contributed by atoms with E-state index >= 15 is 0 Å². The average molecular weight is 168 g/mol. The van der Waals surface area contributed by atoms with Crippen LogP contribution in [0.15, 0.2) is 0 Å². The molecule has 0 spiro atoms. The summed E-state index contributed by atoms with van der Waals surface area (Å²) in [6.07, 6.45) is 5.77. The molecule has 0 aromatic rings. The summed E-state index contributed by atoms with van der Waals surface area (Å²) >= 11 is 0. The first-order valence-corrected chi connectivity index (χ1v) is 5.65. The van der Waals surface area contributed by atoms with E-state index in [1.54, 1.807) is 0 Å². The van der Waals surface area contributed by atoms with E-state index in [1.807, 2.05) is 0 Å². The zero-order chi connectivity index (χ0) is 9.14. The molecule has 0 aromatic carbocycles. The third kappa shape index (κ3) is 2.24. The molecule has 0 N–H and O–H groups in total. The van der Waals surface area contributed by atoms with Crippen LogP contribution in [0.1, 0.15) is 53.4 Å². The standard InChI is InChI=1S/C12H24/c1-5-6-9(2)7-12-8-10(3)11(12)4/h9-12H,5-8H2,1-4H3. The highest BCUT2D eigenvalue weighted by atomic mass is 14.4. The van der Waals surface area contributed by atoms with E-state index in [-0.39, 0.29) is 0 Å². The van der Waals surface area contributed by atoms with Crippen molar-refractivity contribution in [2.75, 3.05) is 0 Å². The quantitative estimate of drug-likeness (QED) is 0.592. The topological polar surface area (TPSA) is 0 Å². The highest BCUT2D eigenvalue weighted by molar-refractivity contribution is 4.84. The second-order valence-electron chi connectivity index (χ2n) is 4.96. The smallest absolute Gasteiger partial charge is 0.0381 e. The molecule has 1 fully saturated rings. The highest BCUT2D eigenvalue weighted by Crippen LogP contribution is 2.43. The summed E-state index contributed by atoms with van der Waals surface area (Å²) in [6, 6.07) is 0. The van der Waals surface area contributed by atoms with Crippen LogP contribution in [0.5, 0.6) is 0 Å². The van der Waals surface area contributed by atoms with Gasteiger partial charge < -0.3 is 0 Å². The third-order valence-corrected chi connectivity index (χ3v) is 3.80. The van der Waals surface area contributed by atoms with Crippen LogP contribution < -0.4 is 0 Å². The van der Waals surface area contributed by atoms with E-state index in [2.05, 4.69) is 27.7 Å². The van der Waals surface area contributed by atoms with Crippen LogP contribution in [0.2, 0.25) is 0 Å². The molecule has 1 aliphatic carbocycles. The maximum Gasteiger partial charge on any atom is -0.0381 e. The van der Waals surface area contributed by atoms with Crippen molar-refractivity contribution < 1.29 is 0 Å². The van der Waals surface area contributed by atoms with E-state index in [1.165, 1.54) is 25.7 Å². The molecule has 1 rings (SSSR count). The Kier molecular flexibility index (Phi) is 3.61. The maximum atomic E-state index is 2.43. The molecule has 72 valence electrons. The molecule has 12 heavy (non-hydrogen) atoms. The first kappa shape index (κ1) is 10.1. The molecule has 4 atom stereocenters. The molecule has 0 aromatic heterocycles. The van der Waals surface area contributed by atoms with E-state index in [0.29, 0.717) is 0 Å². The van der Waals surface area contributed by atoms with Gasteiger partial charge in [-0.1, -0.05) is 40.5 Å². The molecule has 1 aliphatic rings. The molecule has 0 saturated heterocycles. The Labute approximate surface area is 77.7 Å². The van der Waals surface area contributed by atoms with Crippen molar-refractivity contribution in [1.82, 2.24) is 0 Å².